The number of aromatic nitrogens is 1. The molecule has 0 aliphatic carbocycles. The van der Waals surface area contributed by atoms with Gasteiger partial charge in [0.15, 0.2) is 4.34 Å². The highest BCUT2D eigenvalue weighted by Crippen LogP contribution is 2.33. The molecule has 1 atom stereocenters. The minimum atomic E-state index is -0.271. The minimum absolute atomic E-state index is 0.0782. The van der Waals surface area contributed by atoms with E-state index in [4.69, 9.17) is 16.3 Å². The molecule has 7 heteroatoms. The van der Waals surface area contributed by atoms with E-state index in [1.54, 1.807) is 24.5 Å². The van der Waals surface area contributed by atoms with Gasteiger partial charge in [-0.25, -0.2) is 4.98 Å². The van der Waals surface area contributed by atoms with Gasteiger partial charge in [0.05, 0.1) is 22.6 Å². The maximum absolute atomic E-state index is 12.4. The number of ether oxygens (including phenoxy) is 1. The van der Waals surface area contributed by atoms with Crippen LogP contribution in [0.4, 0.5) is 5.69 Å². The largest absolute Gasteiger partial charge is 0.497 e. The molecule has 0 spiro atoms. The van der Waals surface area contributed by atoms with E-state index in [9.17, 15) is 4.79 Å². The van der Waals surface area contributed by atoms with Crippen molar-refractivity contribution in [1.82, 2.24) is 4.98 Å². The SMILES string of the molecule is COc1cccc(NC(=O)C(C)Sc2nc3cc(Cl)ccc3s2)c1. The lowest BCUT2D eigenvalue weighted by molar-refractivity contribution is -0.115. The fraction of sp³-hybridized carbons (Fsp3) is 0.176. The number of amides is 1. The van der Waals surface area contributed by atoms with Gasteiger partial charge >= 0.3 is 0 Å². The Bertz CT molecular complexity index is 882. The van der Waals surface area contributed by atoms with Gasteiger partial charge in [0, 0.05) is 16.8 Å². The Morgan fingerprint density at radius 1 is 1.33 bits per heavy atom. The molecule has 1 N–H and O–H groups in total. The van der Waals surface area contributed by atoms with Crippen LogP contribution in [0, 0.1) is 0 Å². The van der Waals surface area contributed by atoms with Gasteiger partial charge in [-0.2, -0.15) is 0 Å². The number of thiazole rings is 1. The highest BCUT2D eigenvalue weighted by atomic mass is 35.5. The van der Waals surface area contributed by atoms with Gasteiger partial charge in [-0.15, -0.1) is 11.3 Å². The summed E-state index contributed by atoms with van der Waals surface area (Å²) in [4.78, 5) is 16.9. The summed E-state index contributed by atoms with van der Waals surface area (Å²) >= 11 is 8.97. The van der Waals surface area contributed by atoms with Crippen molar-refractivity contribution < 1.29 is 9.53 Å². The first-order valence-corrected chi connectivity index (χ1v) is 9.30. The number of nitrogens with zero attached hydrogens (tertiary/aromatic N) is 1. The molecule has 0 aliphatic rings. The molecule has 0 saturated carbocycles. The predicted molar refractivity (Wildman–Crippen MR) is 102 cm³/mol. The van der Waals surface area contributed by atoms with Crippen LogP contribution in [0.15, 0.2) is 46.8 Å². The van der Waals surface area contributed by atoms with Crippen LogP contribution in [0.3, 0.4) is 0 Å². The molecule has 1 amide bonds. The van der Waals surface area contributed by atoms with Crippen LogP contribution in [-0.4, -0.2) is 23.3 Å². The Labute approximate surface area is 153 Å². The number of nitrogens with one attached hydrogen (secondary N) is 1. The summed E-state index contributed by atoms with van der Waals surface area (Å²) < 4.78 is 7.07. The Morgan fingerprint density at radius 3 is 2.96 bits per heavy atom. The molecule has 3 aromatic rings. The monoisotopic (exact) mass is 378 g/mol. The number of carbonyl (C=O) groups excluding carboxylic acids is 1. The summed E-state index contributed by atoms with van der Waals surface area (Å²) in [6.45, 7) is 1.86. The van der Waals surface area contributed by atoms with Crippen molar-refractivity contribution in [1.29, 1.82) is 0 Å². The quantitative estimate of drug-likeness (QED) is 0.629. The molecule has 2 aromatic carbocycles. The number of rotatable bonds is 5. The number of halogens is 1. The van der Waals surface area contributed by atoms with E-state index in [0.29, 0.717) is 16.5 Å². The predicted octanol–water partition coefficient (Wildman–Crippen LogP) is 5.08. The van der Waals surface area contributed by atoms with E-state index in [0.717, 1.165) is 14.6 Å². The van der Waals surface area contributed by atoms with Crippen molar-refractivity contribution in [2.24, 2.45) is 0 Å². The van der Waals surface area contributed by atoms with Crippen molar-refractivity contribution in [2.45, 2.75) is 16.5 Å². The fourth-order valence-corrected chi connectivity index (χ4v) is 4.44. The summed E-state index contributed by atoms with van der Waals surface area (Å²) in [5.74, 6) is 0.627. The second-order valence-corrected chi connectivity index (χ2v) is 8.13. The first kappa shape index (κ1) is 17.1. The average molecular weight is 379 g/mol. The molecule has 0 aliphatic heterocycles. The lowest BCUT2D eigenvalue weighted by atomic mass is 10.3. The smallest absolute Gasteiger partial charge is 0.237 e. The topological polar surface area (TPSA) is 51.2 Å². The standard InChI is InChI=1S/C17H15ClN2O2S2/c1-10(16(21)19-12-4-3-5-13(9-12)22-2)23-17-20-14-8-11(18)6-7-15(14)24-17/h3-10H,1-2H3,(H,19,21). The molecule has 124 valence electrons. The number of fused-ring (bicyclic) bond motifs is 1. The molecule has 1 aromatic heterocycles. The number of thioether (sulfide) groups is 1. The van der Waals surface area contributed by atoms with Crippen molar-refractivity contribution in [3.05, 3.63) is 47.5 Å². The maximum Gasteiger partial charge on any atom is 0.237 e. The van der Waals surface area contributed by atoms with Gasteiger partial charge in [0.25, 0.3) is 0 Å². The van der Waals surface area contributed by atoms with E-state index in [2.05, 4.69) is 10.3 Å². The summed E-state index contributed by atoms with van der Waals surface area (Å²) in [7, 11) is 1.60. The van der Waals surface area contributed by atoms with Crippen molar-refractivity contribution >= 4 is 56.5 Å². The molecule has 4 nitrogen and oxygen atoms in total. The molecule has 0 fully saturated rings. The number of methoxy groups -OCH3 is 1. The Kier molecular flexibility index (Phi) is 5.28. The van der Waals surface area contributed by atoms with Crippen molar-refractivity contribution in [3.63, 3.8) is 0 Å². The zero-order chi connectivity index (χ0) is 17.1. The molecule has 1 unspecified atom stereocenters. The summed E-state index contributed by atoms with van der Waals surface area (Å²) in [5, 5.41) is 3.28. The molecule has 1 heterocycles. The van der Waals surface area contributed by atoms with E-state index in [1.165, 1.54) is 11.8 Å². The van der Waals surface area contributed by atoms with Gasteiger partial charge in [-0.1, -0.05) is 29.4 Å². The molecular formula is C17H15ClN2O2S2. The Hall–Kier alpha value is -1.76. The average Bonchev–Trinajstić information content (AvgIpc) is 2.96. The summed E-state index contributed by atoms with van der Waals surface area (Å²) in [6, 6.07) is 12.9. The van der Waals surface area contributed by atoms with E-state index >= 15 is 0 Å². The van der Waals surface area contributed by atoms with Gasteiger partial charge in [0.2, 0.25) is 5.91 Å². The number of anilines is 1. The molecule has 0 bridgehead atoms. The number of carbonyl (C=O) groups is 1. The van der Waals surface area contributed by atoms with E-state index < -0.39 is 0 Å². The molecule has 0 radical (unpaired) electrons. The van der Waals surface area contributed by atoms with E-state index in [-0.39, 0.29) is 11.2 Å². The molecule has 24 heavy (non-hydrogen) atoms. The summed E-state index contributed by atoms with van der Waals surface area (Å²) in [6.07, 6.45) is 0. The van der Waals surface area contributed by atoms with Gasteiger partial charge in [-0.3, -0.25) is 4.79 Å². The van der Waals surface area contributed by atoms with Crippen LogP contribution < -0.4 is 10.1 Å². The van der Waals surface area contributed by atoms with Crippen LogP contribution >= 0.6 is 34.7 Å². The third-order valence-corrected chi connectivity index (χ3v) is 5.78. The van der Waals surface area contributed by atoms with Crippen molar-refractivity contribution in [3.8, 4) is 5.75 Å². The zero-order valence-electron chi connectivity index (χ0n) is 13.1. The first-order valence-electron chi connectivity index (χ1n) is 7.23. The van der Waals surface area contributed by atoms with Crippen LogP contribution in [0.5, 0.6) is 5.75 Å². The second-order valence-electron chi connectivity index (χ2n) is 5.07. The normalized spacial score (nSPS) is 12.1. The second kappa shape index (κ2) is 7.42. The Morgan fingerprint density at radius 2 is 2.17 bits per heavy atom. The number of hydrogen-bond donors (Lipinski definition) is 1. The third-order valence-electron chi connectivity index (χ3n) is 3.31. The van der Waals surface area contributed by atoms with Gasteiger partial charge < -0.3 is 10.1 Å². The van der Waals surface area contributed by atoms with Crippen molar-refractivity contribution in [2.75, 3.05) is 12.4 Å². The van der Waals surface area contributed by atoms with Crippen LogP contribution in [0.25, 0.3) is 10.2 Å². The van der Waals surface area contributed by atoms with Gasteiger partial charge in [0.1, 0.15) is 5.75 Å². The first-order chi connectivity index (χ1) is 11.5. The Balaban J connectivity index is 1.68. The van der Waals surface area contributed by atoms with Gasteiger partial charge in [-0.05, 0) is 37.3 Å². The summed E-state index contributed by atoms with van der Waals surface area (Å²) in [5.41, 5.74) is 1.57. The lowest BCUT2D eigenvalue weighted by Crippen LogP contribution is -2.22. The maximum atomic E-state index is 12.4. The minimum Gasteiger partial charge on any atom is -0.497 e. The van der Waals surface area contributed by atoms with Crippen LogP contribution in [-0.2, 0) is 4.79 Å². The highest BCUT2D eigenvalue weighted by Gasteiger charge is 2.17. The molecule has 3 rings (SSSR count). The molecule has 0 saturated heterocycles. The zero-order valence-corrected chi connectivity index (χ0v) is 15.5. The highest BCUT2D eigenvalue weighted by molar-refractivity contribution is 8.02. The van der Waals surface area contributed by atoms with Crippen LogP contribution in [0.1, 0.15) is 6.92 Å². The fourth-order valence-electron chi connectivity index (χ4n) is 2.08. The van der Waals surface area contributed by atoms with E-state index in [1.807, 2.05) is 43.3 Å². The molecular weight excluding hydrogens is 364 g/mol. The number of hydrogen-bond acceptors (Lipinski definition) is 5. The van der Waals surface area contributed by atoms with Crippen LogP contribution in [0.2, 0.25) is 5.02 Å². The lowest BCUT2D eigenvalue weighted by Gasteiger charge is -2.11. The third kappa shape index (κ3) is 4.01. The number of benzene rings is 2.